The highest BCUT2D eigenvalue weighted by Gasteiger charge is 2.29. The maximum atomic E-state index is 14.2. The molecule has 0 unspecified atom stereocenters. The molecule has 2 bridgehead atoms. The van der Waals surface area contributed by atoms with Gasteiger partial charge in [0.2, 0.25) is 5.82 Å². The lowest BCUT2D eigenvalue weighted by Gasteiger charge is -2.31. The third kappa shape index (κ3) is 6.32. The largest absolute Gasteiger partial charge is 0.486 e. The molecule has 1 N–H and O–H groups in total. The van der Waals surface area contributed by atoms with Crippen molar-refractivity contribution in [2.45, 2.75) is 70.4 Å². The van der Waals surface area contributed by atoms with Crippen molar-refractivity contribution in [1.29, 1.82) is 0 Å². The van der Waals surface area contributed by atoms with Gasteiger partial charge in [0.05, 0.1) is 0 Å². The Morgan fingerprint density at radius 1 is 1.06 bits per heavy atom. The van der Waals surface area contributed by atoms with Gasteiger partial charge in [0.15, 0.2) is 11.6 Å². The fourth-order valence-corrected chi connectivity index (χ4v) is 5.01. The van der Waals surface area contributed by atoms with E-state index in [2.05, 4.69) is 43.4 Å². The molecule has 0 amide bonds. The lowest BCUT2D eigenvalue weighted by Crippen LogP contribution is -2.47. The van der Waals surface area contributed by atoms with Gasteiger partial charge in [0.1, 0.15) is 12.7 Å². The van der Waals surface area contributed by atoms with E-state index in [0.717, 1.165) is 19.3 Å². The highest BCUT2D eigenvalue weighted by atomic mass is 19.2. The summed E-state index contributed by atoms with van der Waals surface area (Å²) in [6.45, 7) is 4.63. The van der Waals surface area contributed by atoms with Crippen LogP contribution >= 0.6 is 0 Å². The third-order valence-electron chi connectivity index (χ3n) is 6.62. The Labute approximate surface area is 194 Å². The van der Waals surface area contributed by atoms with Crippen molar-refractivity contribution in [3.8, 4) is 5.75 Å². The molecule has 2 aliphatic rings. The standard InChI is InChI=1S/C27H33F2NO3/c1-27(2,15-19-11-20-8-4-5-9-21(20)12-19)30-16-22-17-32-24-14-18(13-23(28)26(24)29)7-3-6-10-25(31)33-22/h4-5,8-9,13-14,19,22,30H,3,6-7,10-12,15-17H2,1-2H3/t22-/m1/s1. The molecule has 0 saturated carbocycles. The summed E-state index contributed by atoms with van der Waals surface area (Å²) in [6, 6.07) is 11.3. The Morgan fingerprint density at radius 3 is 2.48 bits per heavy atom. The van der Waals surface area contributed by atoms with E-state index in [1.165, 1.54) is 17.2 Å². The van der Waals surface area contributed by atoms with Crippen LogP contribution in [0, 0.1) is 17.6 Å². The summed E-state index contributed by atoms with van der Waals surface area (Å²) in [4.78, 5) is 12.3. The molecule has 4 nitrogen and oxygen atoms in total. The van der Waals surface area contributed by atoms with Gasteiger partial charge >= 0.3 is 5.97 Å². The van der Waals surface area contributed by atoms with Gasteiger partial charge in [-0.1, -0.05) is 24.3 Å². The van der Waals surface area contributed by atoms with Crippen LogP contribution in [0.1, 0.15) is 56.2 Å². The first-order valence-electron chi connectivity index (χ1n) is 11.9. The van der Waals surface area contributed by atoms with E-state index < -0.39 is 17.7 Å². The maximum absolute atomic E-state index is 14.2. The van der Waals surface area contributed by atoms with Crippen molar-refractivity contribution in [3.63, 3.8) is 0 Å². The number of hydrogen-bond acceptors (Lipinski definition) is 4. The Bertz CT molecular complexity index is 966. The lowest BCUT2D eigenvalue weighted by molar-refractivity contribution is -0.150. The Morgan fingerprint density at radius 2 is 1.76 bits per heavy atom. The Hall–Kier alpha value is -2.47. The minimum Gasteiger partial charge on any atom is -0.486 e. The first-order chi connectivity index (χ1) is 15.8. The summed E-state index contributed by atoms with van der Waals surface area (Å²) in [5, 5.41) is 3.52. The zero-order chi connectivity index (χ0) is 23.4. The van der Waals surface area contributed by atoms with Crippen molar-refractivity contribution < 1.29 is 23.0 Å². The van der Waals surface area contributed by atoms with Crippen molar-refractivity contribution in [1.82, 2.24) is 5.32 Å². The van der Waals surface area contributed by atoms with Crippen molar-refractivity contribution >= 4 is 5.97 Å². The number of carbonyl (C=O) groups excluding carboxylic acids is 1. The molecule has 1 atom stereocenters. The molecule has 0 saturated heterocycles. The first kappa shape index (κ1) is 23.7. The van der Waals surface area contributed by atoms with E-state index in [9.17, 15) is 13.6 Å². The second kappa shape index (κ2) is 10.2. The number of esters is 1. The summed E-state index contributed by atoms with van der Waals surface area (Å²) >= 11 is 0. The normalized spacial score (nSPS) is 19.8. The molecule has 1 heterocycles. The summed E-state index contributed by atoms with van der Waals surface area (Å²) < 4.78 is 39.5. The SMILES string of the molecule is CC(C)(CC1Cc2ccccc2C1)NC[C@@H]1COc2cc(cc(F)c2F)CCCCC(=O)O1. The third-order valence-corrected chi connectivity index (χ3v) is 6.62. The molecule has 0 aromatic heterocycles. The molecule has 2 aromatic carbocycles. The summed E-state index contributed by atoms with van der Waals surface area (Å²) in [7, 11) is 0. The molecule has 6 heteroatoms. The fourth-order valence-electron chi connectivity index (χ4n) is 5.01. The van der Waals surface area contributed by atoms with Crippen LogP contribution in [0.4, 0.5) is 8.78 Å². The molecule has 0 spiro atoms. The number of aryl methyl sites for hydroxylation is 1. The average Bonchev–Trinajstić information content (AvgIpc) is 3.16. The van der Waals surface area contributed by atoms with Gasteiger partial charge in [-0.05, 0) is 87.1 Å². The van der Waals surface area contributed by atoms with Crippen molar-refractivity contribution in [2.24, 2.45) is 5.92 Å². The highest BCUT2D eigenvalue weighted by Crippen LogP contribution is 2.32. The maximum Gasteiger partial charge on any atom is 0.306 e. The number of nitrogens with one attached hydrogen (secondary N) is 1. The quantitative estimate of drug-likeness (QED) is 0.631. The fraction of sp³-hybridized carbons (Fsp3) is 0.519. The van der Waals surface area contributed by atoms with E-state index in [4.69, 9.17) is 9.47 Å². The Kier molecular flexibility index (Phi) is 7.32. The van der Waals surface area contributed by atoms with Crippen LogP contribution in [0.5, 0.6) is 5.75 Å². The van der Waals surface area contributed by atoms with Crippen molar-refractivity contribution in [2.75, 3.05) is 13.2 Å². The summed E-state index contributed by atoms with van der Waals surface area (Å²) in [6.07, 6.45) is 4.73. The minimum absolute atomic E-state index is 0.0382. The van der Waals surface area contributed by atoms with Gasteiger partial charge in [0, 0.05) is 18.5 Å². The molecular formula is C27H33F2NO3. The molecule has 4 rings (SSSR count). The van der Waals surface area contributed by atoms with Crippen LogP contribution in [0.25, 0.3) is 0 Å². The number of carbonyl (C=O) groups is 1. The molecule has 1 aliphatic carbocycles. The molecule has 0 radical (unpaired) electrons. The predicted molar refractivity (Wildman–Crippen MR) is 123 cm³/mol. The van der Waals surface area contributed by atoms with Gasteiger partial charge in [-0.3, -0.25) is 4.79 Å². The van der Waals surface area contributed by atoms with E-state index in [1.54, 1.807) is 6.07 Å². The number of hydrogen-bond donors (Lipinski definition) is 1. The topological polar surface area (TPSA) is 47.6 Å². The first-order valence-corrected chi connectivity index (χ1v) is 11.9. The lowest BCUT2D eigenvalue weighted by atomic mass is 9.88. The van der Waals surface area contributed by atoms with Crippen LogP contribution in [0.2, 0.25) is 0 Å². The zero-order valence-electron chi connectivity index (χ0n) is 19.5. The summed E-state index contributed by atoms with van der Waals surface area (Å²) in [5.41, 5.74) is 3.35. The predicted octanol–water partition coefficient (Wildman–Crippen LogP) is 5.16. The van der Waals surface area contributed by atoms with Crippen LogP contribution in [-0.2, 0) is 28.8 Å². The van der Waals surface area contributed by atoms with E-state index in [0.29, 0.717) is 43.7 Å². The molecule has 1 aliphatic heterocycles. The van der Waals surface area contributed by atoms with Gasteiger partial charge in [-0.15, -0.1) is 0 Å². The van der Waals surface area contributed by atoms with Crippen LogP contribution in [0.3, 0.4) is 0 Å². The second-order valence-corrected chi connectivity index (χ2v) is 10.0. The van der Waals surface area contributed by atoms with Crippen LogP contribution in [0.15, 0.2) is 36.4 Å². The Balaban J connectivity index is 1.38. The number of ether oxygens (including phenoxy) is 2. The van der Waals surface area contributed by atoms with Gasteiger partial charge in [-0.2, -0.15) is 4.39 Å². The van der Waals surface area contributed by atoms with E-state index in [-0.39, 0.29) is 23.9 Å². The smallest absolute Gasteiger partial charge is 0.306 e. The van der Waals surface area contributed by atoms with Gasteiger partial charge < -0.3 is 14.8 Å². The number of rotatable bonds is 5. The minimum atomic E-state index is -1.00. The van der Waals surface area contributed by atoms with E-state index >= 15 is 0 Å². The second-order valence-electron chi connectivity index (χ2n) is 10.0. The van der Waals surface area contributed by atoms with Crippen molar-refractivity contribution in [3.05, 3.63) is 64.7 Å². The van der Waals surface area contributed by atoms with Gasteiger partial charge in [-0.25, -0.2) is 4.39 Å². The molecule has 178 valence electrons. The van der Waals surface area contributed by atoms with Crippen LogP contribution < -0.4 is 10.1 Å². The number of benzene rings is 2. The zero-order valence-corrected chi connectivity index (χ0v) is 19.5. The highest BCUT2D eigenvalue weighted by molar-refractivity contribution is 5.69. The van der Waals surface area contributed by atoms with E-state index in [1.807, 2.05) is 0 Å². The number of fused-ring (bicyclic) bond motifs is 3. The number of cyclic esters (lactones) is 1. The molecule has 2 aromatic rings. The molecular weight excluding hydrogens is 424 g/mol. The van der Waals surface area contributed by atoms with Crippen LogP contribution in [-0.4, -0.2) is 30.8 Å². The number of halogens is 2. The summed E-state index contributed by atoms with van der Waals surface area (Å²) in [5.74, 6) is -1.78. The average molecular weight is 458 g/mol. The van der Waals surface area contributed by atoms with Gasteiger partial charge in [0.25, 0.3) is 0 Å². The monoisotopic (exact) mass is 457 g/mol. The molecule has 0 fully saturated rings. The molecule has 33 heavy (non-hydrogen) atoms.